The van der Waals surface area contributed by atoms with Gasteiger partial charge in [-0.25, -0.2) is 8.42 Å². The average molecular weight is 456 g/mol. The molecule has 3 aromatic rings. The highest BCUT2D eigenvalue weighted by Gasteiger charge is 2.31. The van der Waals surface area contributed by atoms with E-state index in [4.69, 9.17) is 14.2 Å². The second-order valence-electron chi connectivity index (χ2n) is 6.84. The van der Waals surface area contributed by atoms with Crippen LogP contribution in [0.25, 0.3) is 0 Å². The number of hydrogen-bond donors (Lipinski definition) is 0. The van der Waals surface area contributed by atoms with Crippen LogP contribution in [0.2, 0.25) is 0 Å². The Bertz CT molecular complexity index is 1160. The lowest BCUT2D eigenvalue weighted by molar-refractivity contribution is -0.119. The molecule has 3 rings (SSSR count). The molecule has 7 nitrogen and oxygen atoms in total. The highest BCUT2D eigenvalue weighted by Crippen LogP contribution is 2.29. The van der Waals surface area contributed by atoms with E-state index in [1.807, 2.05) is 13.8 Å². The fraction of sp³-hybridized carbons (Fsp3) is 0.208. The molecule has 0 atom stereocenters. The molecule has 0 heterocycles. The summed E-state index contributed by atoms with van der Waals surface area (Å²) in [6.45, 7) is 3.61. The predicted molar refractivity (Wildman–Crippen MR) is 122 cm³/mol. The SMILES string of the molecule is CCOc1ccccc1OCC(=O)N(c1ccc(OC)cc1)S(=O)(=O)c1ccc(C)cc1. The Morgan fingerprint density at radius 2 is 1.47 bits per heavy atom. The summed E-state index contributed by atoms with van der Waals surface area (Å²) in [5.74, 6) is 0.614. The molecule has 0 aliphatic rings. The second-order valence-corrected chi connectivity index (χ2v) is 8.63. The first-order valence-electron chi connectivity index (χ1n) is 10.0. The maximum Gasteiger partial charge on any atom is 0.278 e. The molecule has 168 valence electrons. The van der Waals surface area contributed by atoms with Crippen molar-refractivity contribution < 1.29 is 27.4 Å². The summed E-state index contributed by atoms with van der Waals surface area (Å²) in [6.07, 6.45) is 0. The summed E-state index contributed by atoms with van der Waals surface area (Å²) in [5, 5.41) is 0. The lowest BCUT2D eigenvalue weighted by atomic mass is 10.2. The molecule has 0 spiro atoms. The van der Waals surface area contributed by atoms with Gasteiger partial charge in [-0.1, -0.05) is 29.8 Å². The molecule has 0 saturated carbocycles. The van der Waals surface area contributed by atoms with Gasteiger partial charge in [0.05, 0.1) is 24.3 Å². The van der Waals surface area contributed by atoms with Crippen LogP contribution in [0.3, 0.4) is 0 Å². The van der Waals surface area contributed by atoms with E-state index in [0.717, 1.165) is 9.87 Å². The molecular formula is C24H25NO6S. The number of nitrogens with zero attached hydrogens (tertiary/aromatic N) is 1. The third kappa shape index (κ3) is 5.20. The van der Waals surface area contributed by atoms with Crippen LogP contribution in [0.15, 0.2) is 77.7 Å². The Balaban J connectivity index is 1.95. The number of ether oxygens (including phenoxy) is 3. The van der Waals surface area contributed by atoms with E-state index in [-0.39, 0.29) is 10.6 Å². The molecular weight excluding hydrogens is 430 g/mol. The lowest BCUT2D eigenvalue weighted by Gasteiger charge is -2.23. The summed E-state index contributed by atoms with van der Waals surface area (Å²) < 4.78 is 43.9. The first-order chi connectivity index (χ1) is 15.4. The van der Waals surface area contributed by atoms with Crippen LogP contribution in [0, 0.1) is 6.92 Å². The Kier molecular flexibility index (Phi) is 7.37. The van der Waals surface area contributed by atoms with E-state index >= 15 is 0 Å². The van der Waals surface area contributed by atoms with Crippen molar-refractivity contribution in [3.63, 3.8) is 0 Å². The highest BCUT2D eigenvalue weighted by molar-refractivity contribution is 7.93. The quantitative estimate of drug-likeness (QED) is 0.481. The zero-order chi connectivity index (χ0) is 23.1. The summed E-state index contributed by atoms with van der Waals surface area (Å²) in [7, 11) is -2.68. The molecule has 0 bridgehead atoms. The molecule has 0 fully saturated rings. The normalized spacial score (nSPS) is 11.0. The van der Waals surface area contributed by atoms with Gasteiger partial charge < -0.3 is 14.2 Å². The van der Waals surface area contributed by atoms with E-state index in [1.165, 1.54) is 31.4 Å². The van der Waals surface area contributed by atoms with Crippen molar-refractivity contribution in [2.24, 2.45) is 0 Å². The zero-order valence-corrected chi connectivity index (χ0v) is 19.0. The van der Waals surface area contributed by atoms with Gasteiger partial charge >= 0.3 is 0 Å². The van der Waals surface area contributed by atoms with Gasteiger partial charge in [0.1, 0.15) is 5.75 Å². The van der Waals surface area contributed by atoms with E-state index in [1.54, 1.807) is 48.5 Å². The van der Waals surface area contributed by atoms with E-state index < -0.39 is 22.5 Å². The number of anilines is 1. The van der Waals surface area contributed by atoms with Crippen LogP contribution in [0.1, 0.15) is 12.5 Å². The number of para-hydroxylation sites is 2. The molecule has 1 amide bonds. The van der Waals surface area contributed by atoms with Crippen LogP contribution >= 0.6 is 0 Å². The number of amides is 1. The van der Waals surface area contributed by atoms with Gasteiger partial charge in [0.25, 0.3) is 15.9 Å². The van der Waals surface area contributed by atoms with Crippen molar-refractivity contribution in [1.29, 1.82) is 0 Å². The van der Waals surface area contributed by atoms with Crippen molar-refractivity contribution in [3.05, 3.63) is 78.4 Å². The Morgan fingerprint density at radius 3 is 2.03 bits per heavy atom. The van der Waals surface area contributed by atoms with E-state index in [9.17, 15) is 13.2 Å². The molecule has 8 heteroatoms. The van der Waals surface area contributed by atoms with Gasteiger partial charge in [-0.05, 0) is 62.4 Å². The van der Waals surface area contributed by atoms with Gasteiger partial charge in [-0.2, -0.15) is 4.31 Å². The summed E-state index contributed by atoms with van der Waals surface area (Å²) >= 11 is 0. The van der Waals surface area contributed by atoms with Gasteiger partial charge in [0.15, 0.2) is 18.1 Å². The number of sulfonamides is 1. The summed E-state index contributed by atoms with van der Waals surface area (Å²) in [4.78, 5) is 13.2. The Labute approximate surface area is 188 Å². The van der Waals surface area contributed by atoms with E-state index in [0.29, 0.717) is 23.9 Å². The molecule has 0 unspecified atom stereocenters. The largest absolute Gasteiger partial charge is 0.497 e. The number of carbonyl (C=O) groups is 1. The van der Waals surface area contributed by atoms with Crippen molar-refractivity contribution in [1.82, 2.24) is 0 Å². The van der Waals surface area contributed by atoms with Crippen molar-refractivity contribution >= 4 is 21.6 Å². The molecule has 32 heavy (non-hydrogen) atoms. The zero-order valence-electron chi connectivity index (χ0n) is 18.1. The fourth-order valence-corrected chi connectivity index (χ4v) is 4.40. The highest BCUT2D eigenvalue weighted by atomic mass is 32.2. The maximum atomic E-state index is 13.4. The molecule has 3 aromatic carbocycles. The monoisotopic (exact) mass is 455 g/mol. The van der Waals surface area contributed by atoms with Gasteiger partial charge in [0, 0.05) is 0 Å². The first kappa shape index (κ1) is 23.1. The second kappa shape index (κ2) is 10.2. The van der Waals surface area contributed by atoms with Crippen LogP contribution in [-0.4, -0.2) is 34.6 Å². The minimum absolute atomic E-state index is 0.00184. The van der Waals surface area contributed by atoms with Crippen LogP contribution in [0.4, 0.5) is 5.69 Å². The minimum atomic E-state index is -4.18. The van der Waals surface area contributed by atoms with Crippen LogP contribution < -0.4 is 18.5 Å². The number of rotatable bonds is 9. The van der Waals surface area contributed by atoms with Crippen LogP contribution in [-0.2, 0) is 14.8 Å². The molecule has 0 radical (unpaired) electrons. The van der Waals surface area contributed by atoms with Crippen molar-refractivity contribution in [2.45, 2.75) is 18.7 Å². The predicted octanol–water partition coefficient (Wildman–Crippen LogP) is 4.20. The molecule has 0 aliphatic carbocycles. The molecule has 0 aromatic heterocycles. The summed E-state index contributed by atoms with van der Waals surface area (Å²) in [5.41, 5.74) is 1.08. The molecule has 0 aliphatic heterocycles. The first-order valence-corrected chi connectivity index (χ1v) is 11.4. The van der Waals surface area contributed by atoms with E-state index in [2.05, 4.69) is 0 Å². The smallest absolute Gasteiger partial charge is 0.278 e. The van der Waals surface area contributed by atoms with Gasteiger partial charge in [-0.15, -0.1) is 0 Å². The maximum absolute atomic E-state index is 13.4. The van der Waals surface area contributed by atoms with Gasteiger partial charge in [0.2, 0.25) is 0 Å². The average Bonchev–Trinajstić information content (AvgIpc) is 2.79. The summed E-state index contributed by atoms with van der Waals surface area (Å²) in [6, 6.07) is 19.4. The third-order valence-corrected chi connectivity index (χ3v) is 6.36. The fourth-order valence-electron chi connectivity index (χ4n) is 2.99. The van der Waals surface area contributed by atoms with Crippen molar-refractivity contribution in [3.8, 4) is 17.2 Å². The number of carbonyl (C=O) groups excluding carboxylic acids is 1. The number of benzene rings is 3. The standard InChI is InChI=1S/C24H25NO6S/c1-4-30-22-7-5-6-8-23(22)31-17-24(26)25(19-11-13-20(29-3)14-12-19)32(27,28)21-15-9-18(2)10-16-21/h5-16H,4,17H2,1-3H3. The Morgan fingerprint density at radius 1 is 0.875 bits per heavy atom. The topological polar surface area (TPSA) is 82.1 Å². The Hall–Kier alpha value is -3.52. The lowest BCUT2D eigenvalue weighted by Crippen LogP contribution is -2.40. The number of hydrogen-bond acceptors (Lipinski definition) is 6. The van der Waals surface area contributed by atoms with Gasteiger partial charge in [-0.3, -0.25) is 4.79 Å². The number of methoxy groups -OCH3 is 1. The molecule has 0 saturated heterocycles. The molecule has 0 N–H and O–H groups in total. The third-order valence-electron chi connectivity index (χ3n) is 4.59. The van der Waals surface area contributed by atoms with Crippen molar-refractivity contribution in [2.75, 3.05) is 24.6 Å². The van der Waals surface area contributed by atoms with Crippen LogP contribution in [0.5, 0.6) is 17.2 Å². The number of aryl methyl sites for hydroxylation is 1. The minimum Gasteiger partial charge on any atom is -0.497 e.